The smallest absolute Gasteiger partial charge is 0.226 e. The monoisotopic (exact) mass is 273 g/mol. The highest BCUT2D eigenvalue weighted by molar-refractivity contribution is 9.10. The maximum atomic E-state index is 13.6. The number of hydrogen-bond acceptors (Lipinski definition) is 1. The Kier molecular flexibility index (Phi) is 3.85. The summed E-state index contributed by atoms with van der Waals surface area (Å²) in [6.45, 7) is 3.54. The molecule has 1 aromatic rings. The lowest BCUT2D eigenvalue weighted by molar-refractivity contribution is -0.118. The standard InChI is InChI=1S/C11H13BrFNO/c1-4-10(15)14(3)11-7(2)5-8(12)6-9(11)13/h5-6H,4H2,1-3H3. The SMILES string of the molecule is CCC(=O)N(C)c1c(C)cc(Br)cc1F. The minimum absolute atomic E-state index is 0.0978. The third-order valence-electron chi connectivity index (χ3n) is 2.23. The molecule has 1 aromatic carbocycles. The fraction of sp³-hybridized carbons (Fsp3) is 0.364. The summed E-state index contributed by atoms with van der Waals surface area (Å²) in [6, 6.07) is 3.15. The maximum Gasteiger partial charge on any atom is 0.226 e. The molecule has 0 aliphatic heterocycles. The van der Waals surface area contributed by atoms with Gasteiger partial charge in [0.05, 0.1) is 5.69 Å². The number of carbonyl (C=O) groups is 1. The molecule has 0 aromatic heterocycles. The normalized spacial score (nSPS) is 10.2. The first-order valence-corrected chi connectivity index (χ1v) is 5.48. The molecule has 0 saturated carbocycles. The second-order valence-electron chi connectivity index (χ2n) is 3.36. The summed E-state index contributed by atoms with van der Waals surface area (Å²) in [5, 5.41) is 0. The molecule has 0 spiro atoms. The van der Waals surface area contributed by atoms with Crippen LogP contribution in [-0.4, -0.2) is 13.0 Å². The molecule has 15 heavy (non-hydrogen) atoms. The van der Waals surface area contributed by atoms with Crippen molar-refractivity contribution >= 4 is 27.5 Å². The van der Waals surface area contributed by atoms with Gasteiger partial charge in [-0.05, 0) is 24.6 Å². The summed E-state index contributed by atoms with van der Waals surface area (Å²) >= 11 is 3.21. The molecular formula is C11H13BrFNO. The maximum absolute atomic E-state index is 13.6. The number of carbonyl (C=O) groups excluding carboxylic acids is 1. The molecule has 0 fully saturated rings. The Morgan fingerprint density at radius 1 is 1.53 bits per heavy atom. The second-order valence-corrected chi connectivity index (χ2v) is 4.28. The molecule has 82 valence electrons. The van der Waals surface area contributed by atoms with E-state index in [0.29, 0.717) is 16.6 Å². The third kappa shape index (κ3) is 2.56. The molecule has 2 nitrogen and oxygen atoms in total. The van der Waals surface area contributed by atoms with Crippen LogP contribution in [0.3, 0.4) is 0 Å². The Labute approximate surface area is 97.2 Å². The number of halogens is 2. The Hall–Kier alpha value is -0.900. The van der Waals surface area contributed by atoms with Crippen molar-refractivity contribution < 1.29 is 9.18 Å². The summed E-state index contributed by atoms with van der Waals surface area (Å²) in [5.41, 5.74) is 1.09. The predicted octanol–water partition coefficient (Wildman–Crippen LogP) is 3.27. The lowest BCUT2D eigenvalue weighted by Crippen LogP contribution is -2.26. The van der Waals surface area contributed by atoms with Gasteiger partial charge in [-0.3, -0.25) is 4.79 Å². The number of aryl methyl sites for hydroxylation is 1. The van der Waals surface area contributed by atoms with E-state index in [1.165, 1.54) is 11.0 Å². The van der Waals surface area contributed by atoms with Crippen LogP contribution in [0.25, 0.3) is 0 Å². The van der Waals surface area contributed by atoms with E-state index in [2.05, 4.69) is 15.9 Å². The van der Waals surface area contributed by atoms with Crippen LogP contribution in [0.4, 0.5) is 10.1 Å². The van der Waals surface area contributed by atoms with Gasteiger partial charge in [0.1, 0.15) is 5.82 Å². The highest BCUT2D eigenvalue weighted by atomic mass is 79.9. The van der Waals surface area contributed by atoms with Gasteiger partial charge in [0.25, 0.3) is 0 Å². The van der Waals surface area contributed by atoms with E-state index < -0.39 is 0 Å². The van der Waals surface area contributed by atoms with Crippen LogP contribution in [0, 0.1) is 12.7 Å². The zero-order chi connectivity index (χ0) is 11.6. The first kappa shape index (κ1) is 12.2. The van der Waals surface area contributed by atoms with Crippen molar-refractivity contribution in [3.63, 3.8) is 0 Å². The first-order valence-electron chi connectivity index (χ1n) is 4.69. The summed E-state index contributed by atoms with van der Waals surface area (Å²) in [7, 11) is 1.59. The third-order valence-corrected chi connectivity index (χ3v) is 2.69. The molecule has 0 aliphatic rings. The highest BCUT2D eigenvalue weighted by Crippen LogP contribution is 2.27. The molecule has 0 atom stereocenters. The Morgan fingerprint density at radius 2 is 2.13 bits per heavy atom. The Balaban J connectivity index is 3.19. The van der Waals surface area contributed by atoms with E-state index in [-0.39, 0.29) is 11.7 Å². The zero-order valence-corrected chi connectivity index (χ0v) is 10.6. The van der Waals surface area contributed by atoms with E-state index >= 15 is 0 Å². The van der Waals surface area contributed by atoms with Gasteiger partial charge in [-0.25, -0.2) is 4.39 Å². The van der Waals surface area contributed by atoms with Crippen molar-refractivity contribution in [1.29, 1.82) is 0 Å². The van der Waals surface area contributed by atoms with Crippen LogP contribution in [0.1, 0.15) is 18.9 Å². The fourth-order valence-corrected chi connectivity index (χ4v) is 2.03. The van der Waals surface area contributed by atoms with E-state index in [1.807, 2.05) is 0 Å². The molecule has 1 amide bonds. The van der Waals surface area contributed by atoms with Crippen molar-refractivity contribution in [3.8, 4) is 0 Å². The molecular weight excluding hydrogens is 261 g/mol. The van der Waals surface area contributed by atoms with Crippen LogP contribution < -0.4 is 4.90 Å². The van der Waals surface area contributed by atoms with Crippen LogP contribution in [0.5, 0.6) is 0 Å². The lowest BCUT2D eigenvalue weighted by Gasteiger charge is -2.19. The van der Waals surface area contributed by atoms with Crippen molar-refractivity contribution in [3.05, 3.63) is 28.0 Å². The van der Waals surface area contributed by atoms with Crippen molar-refractivity contribution in [2.24, 2.45) is 0 Å². The second kappa shape index (κ2) is 4.75. The zero-order valence-electron chi connectivity index (χ0n) is 8.97. The lowest BCUT2D eigenvalue weighted by atomic mass is 10.1. The minimum Gasteiger partial charge on any atom is -0.313 e. The van der Waals surface area contributed by atoms with Gasteiger partial charge >= 0.3 is 0 Å². The minimum atomic E-state index is -0.383. The van der Waals surface area contributed by atoms with Gasteiger partial charge in [-0.15, -0.1) is 0 Å². The molecule has 0 unspecified atom stereocenters. The molecule has 4 heteroatoms. The van der Waals surface area contributed by atoms with Crippen LogP contribution in [0.2, 0.25) is 0 Å². The number of anilines is 1. The molecule has 1 rings (SSSR count). The Bertz CT molecular complexity index is 369. The van der Waals surface area contributed by atoms with E-state index in [9.17, 15) is 9.18 Å². The molecule has 0 radical (unpaired) electrons. The number of benzene rings is 1. The average molecular weight is 274 g/mol. The van der Waals surface area contributed by atoms with Crippen LogP contribution >= 0.6 is 15.9 Å². The largest absolute Gasteiger partial charge is 0.313 e. The number of hydrogen-bond donors (Lipinski definition) is 0. The van der Waals surface area contributed by atoms with Gasteiger partial charge in [0.2, 0.25) is 5.91 Å². The van der Waals surface area contributed by atoms with Crippen molar-refractivity contribution in [2.45, 2.75) is 20.3 Å². The number of amides is 1. The van der Waals surface area contributed by atoms with Gasteiger partial charge in [-0.2, -0.15) is 0 Å². The summed E-state index contributed by atoms with van der Waals surface area (Å²) in [5.74, 6) is -0.481. The first-order chi connectivity index (χ1) is 6.97. The molecule has 0 aliphatic carbocycles. The van der Waals surface area contributed by atoms with Gasteiger partial charge in [-0.1, -0.05) is 22.9 Å². The molecule has 0 heterocycles. The van der Waals surface area contributed by atoms with Crippen molar-refractivity contribution in [2.75, 3.05) is 11.9 Å². The van der Waals surface area contributed by atoms with E-state index in [1.54, 1.807) is 27.0 Å². The average Bonchev–Trinajstić information content (AvgIpc) is 2.14. The van der Waals surface area contributed by atoms with Crippen LogP contribution in [-0.2, 0) is 4.79 Å². The fourth-order valence-electron chi connectivity index (χ4n) is 1.48. The topological polar surface area (TPSA) is 20.3 Å². The summed E-state index contributed by atoms with van der Waals surface area (Å²) in [4.78, 5) is 12.8. The van der Waals surface area contributed by atoms with Gasteiger partial charge < -0.3 is 4.90 Å². The van der Waals surface area contributed by atoms with Crippen LogP contribution in [0.15, 0.2) is 16.6 Å². The summed E-state index contributed by atoms with van der Waals surface area (Å²) in [6.07, 6.45) is 0.367. The molecule has 0 bridgehead atoms. The van der Waals surface area contributed by atoms with Crippen molar-refractivity contribution in [1.82, 2.24) is 0 Å². The summed E-state index contributed by atoms with van der Waals surface area (Å²) < 4.78 is 14.3. The predicted molar refractivity (Wildman–Crippen MR) is 62.5 cm³/mol. The quantitative estimate of drug-likeness (QED) is 0.810. The highest BCUT2D eigenvalue weighted by Gasteiger charge is 2.16. The Morgan fingerprint density at radius 3 is 2.60 bits per heavy atom. The number of nitrogens with zero attached hydrogens (tertiary/aromatic N) is 1. The molecule has 0 saturated heterocycles. The van der Waals surface area contributed by atoms with E-state index in [0.717, 1.165) is 5.56 Å². The number of rotatable bonds is 2. The van der Waals surface area contributed by atoms with E-state index in [4.69, 9.17) is 0 Å². The van der Waals surface area contributed by atoms with Gasteiger partial charge in [0, 0.05) is 17.9 Å². The molecule has 0 N–H and O–H groups in total. The van der Waals surface area contributed by atoms with Gasteiger partial charge in [0.15, 0.2) is 0 Å².